The summed E-state index contributed by atoms with van der Waals surface area (Å²) in [5.74, 6) is 3.69. The zero-order chi connectivity index (χ0) is 13.2. The molecule has 0 aliphatic rings. The molecule has 0 aliphatic heterocycles. The van der Waals surface area contributed by atoms with E-state index in [1.807, 2.05) is 0 Å². The Balaban J connectivity index is 3.18. The molecule has 2 atom stereocenters. The van der Waals surface area contributed by atoms with E-state index in [1.165, 1.54) is 6.92 Å². The number of sulfone groups is 1. The summed E-state index contributed by atoms with van der Waals surface area (Å²) in [5.41, 5.74) is 2.42. The number of nitrogens with one attached hydrogen (secondary N) is 1. The molecule has 0 radical (unpaired) electrons. The number of hydrogen-bond donors (Lipinski definition) is 2. The predicted molar refractivity (Wildman–Crippen MR) is 60.7 cm³/mol. The monoisotopic (exact) mass is 264 g/mol. The van der Waals surface area contributed by atoms with Crippen LogP contribution in [0.1, 0.15) is 18.5 Å². The van der Waals surface area contributed by atoms with Crippen LogP contribution >= 0.6 is 0 Å². The van der Waals surface area contributed by atoms with Gasteiger partial charge in [-0.05, 0) is 24.6 Å². The van der Waals surface area contributed by atoms with Gasteiger partial charge in [0.05, 0.1) is 11.3 Å². The van der Waals surface area contributed by atoms with Crippen LogP contribution in [0.3, 0.4) is 0 Å². The van der Waals surface area contributed by atoms with Crippen LogP contribution in [0.2, 0.25) is 0 Å². The Morgan fingerprint density at radius 1 is 1.24 bits per heavy atom. The Morgan fingerprint density at radius 3 is 2.06 bits per heavy atom. The second-order valence-corrected chi connectivity index (χ2v) is 6.28. The Labute approximate surface area is 98.7 Å². The van der Waals surface area contributed by atoms with Crippen molar-refractivity contribution in [1.29, 1.82) is 0 Å². The van der Waals surface area contributed by atoms with Crippen LogP contribution in [0, 0.1) is 11.6 Å². The van der Waals surface area contributed by atoms with Crippen molar-refractivity contribution in [2.75, 3.05) is 6.26 Å². The first-order valence-corrected chi connectivity index (χ1v) is 6.82. The highest BCUT2D eigenvalue weighted by Crippen LogP contribution is 2.22. The van der Waals surface area contributed by atoms with Crippen LogP contribution < -0.4 is 11.3 Å². The zero-order valence-corrected chi connectivity index (χ0v) is 10.3. The first kappa shape index (κ1) is 14.0. The van der Waals surface area contributed by atoms with Crippen LogP contribution in [-0.2, 0) is 9.84 Å². The molecule has 3 N–H and O–H groups in total. The molecule has 0 heterocycles. The van der Waals surface area contributed by atoms with E-state index < -0.39 is 32.8 Å². The molecule has 2 unspecified atom stereocenters. The fraction of sp³-hybridized carbons (Fsp3) is 0.400. The molecule has 4 nitrogen and oxygen atoms in total. The lowest BCUT2D eigenvalue weighted by Gasteiger charge is -2.22. The van der Waals surface area contributed by atoms with E-state index >= 15 is 0 Å². The van der Waals surface area contributed by atoms with Crippen molar-refractivity contribution >= 4 is 9.84 Å². The maximum absolute atomic E-state index is 13.0. The van der Waals surface area contributed by atoms with Crippen LogP contribution in [0.15, 0.2) is 18.2 Å². The molecule has 0 aromatic heterocycles. The summed E-state index contributed by atoms with van der Waals surface area (Å²) in [6, 6.07) is 1.95. The summed E-state index contributed by atoms with van der Waals surface area (Å²) in [6.07, 6.45) is 1.04. The van der Waals surface area contributed by atoms with Crippen molar-refractivity contribution in [3.63, 3.8) is 0 Å². The minimum atomic E-state index is -3.38. The van der Waals surface area contributed by atoms with Crippen LogP contribution in [0.25, 0.3) is 0 Å². The van der Waals surface area contributed by atoms with E-state index in [-0.39, 0.29) is 5.56 Å². The second kappa shape index (κ2) is 5.07. The van der Waals surface area contributed by atoms with Gasteiger partial charge in [-0.2, -0.15) is 0 Å². The summed E-state index contributed by atoms with van der Waals surface area (Å²) < 4.78 is 48.8. The summed E-state index contributed by atoms with van der Waals surface area (Å²) in [4.78, 5) is 0. The average Bonchev–Trinajstić information content (AvgIpc) is 2.15. The van der Waals surface area contributed by atoms with Crippen molar-refractivity contribution in [1.82, 2.24) is 5.43 Å². The first-order valence-electron chi connectivity index (χ1n) is 4.86. The predicted octanol–water partition coefficient (Wildman–Crippen LogP) is 0.902. The largest absolute Gasteiger partial charge is 0.271 e. The van der Waals surface area contributed by atoms with Gasteiger partial charge in [-0.15, -0.1) is 0 Å². The fourth-order valence-electron chi connectivity index (χ4n) is 1.50. The maximum Gasteiger partial charge on any atom is 0.151 e. The summed E-state index contributed by atoms with van der Waals surface area (Å²) in [6.45, 7) is 1.42. The van der Waals surface area contributed by atoms with Gasteiger partial charge < -0.3 is 0 Å². The van der Waals surface area contributed by atoms with Gasteiger partial charge >= 0.3 is 0 Å². The van der Waals surface area contributed by atoms with Gasteiger partial charge in [0.2, 0.25) is 0 Å². The minimum Gasteiger partial charge on any atom is -0.271 e. The molecule has 1 rings (SSSR count). The molecule has 0 aliphatic carbocycles. The fourth-order valence-corrected chi connectivity index (χ4v) is 2.23. The van der Waals surface area contributed by atoms with Gasteiger partial charge in [-0.3, -0.25) is 11.3 Å². The lowest BCUT2D eigenvalue weighted by Crippen LogP contribution is -2.38. The third kappa shape index (κ3) is 3.45. The van der Waals surface area contributed by atoms with Crippen molar-refractivity contribution in [3.8, 4) is 0 Å². The Kier molecular flexibility index (Phi) is 4.18. The molecule has 0 bridgehead atoms. The Bertz CT molecular complexity index is 485. The van der Waals surface area contributed by atoms with Gasteiger partial charge in [0, 0.05) is 12.3 Å². The highest BCUT2D eigenvalue weighted by molar-refractivity contribution is 7.91. The lowest BCUT2D eigenvalue weighted by molar-refractivity contribution is 0.503. The van der Waals surface area contributed by atoms with Crippen LogP contribution in [0.4, 0.5) is 8.78 Å². The second-order valence-electron chi connectivity index (χ2n) is 3.88. The maximum atomic E-state index is 13.0. The molecule has 17 heavy (non-hydrogen) atoms. The summed E-state index contributed by atoms with van der Waals surface area (Å²) in [5, 5.41) is -0.895. The molecule has 0 saturated heterocycles. The number of rotatable bonds is 4. The van der Waals surface area contributed by atoms with E-state index in [0.29, 0.717) is 6.07 Å². The average molecular weight is 264 g/mol. The van der Waals surface area contributed by atoms with Crippen molar-refractivity contribution in [2.24, 2.45) is 5.84 Å². The van der Waals surface area contributed by atoms with E-state index in [2.05, 4.69) is 5.43 Å². The third-order valence-electron chi connectivity index (χ3n) is 2.57. The smallest absolute Gasteiger partial charge is 0.151 e. The molecule has 96 valence electrons. The van der Waals surface area contributed by atoms with Gasteiger partial charge in [0.25, 0.3) is 0 Å². The molecule has 1 aromatic carbocycles. The molecular weight excluding hydrogens is 250 g/mol. The van der Waals surface area contributed by atoms with Crippen LogP contribution in [0.5, 0.6) is 0 Å². The number of halogens is 2. The normalized spacial score (nSPS) is 15.6. The molecule has 0 saturated carbocycles. The van der Waals surface area contributed by atoms with Gasteiger partial charge in [0.15, 0.2) is 9.84 Å². The van der Waals surface area contributed by atoms with E-state index in [1.54, 1.807) is 0 Å². The molecular formula is C10H14F2N2O2S. The van der Waals surface area contributed by atoms with Crippen molar-refractivity contribution in [3.05, 3.63) is 35.4 Å². The van der Waals surface area contributed by atoms with Gasteiger partial charge in [-0.1, -0.05) is 0 Å². The lowest BCUT2D eigenvalue weighted by atomic mass is 10.0. The number of hydrogen-bond acceptors (Lipinski definition) is 4. The summed E-state index contributed by atoms with van der Waals surface area (Å²) >= 11 is 0. The van der Waals surface area contributed by atoms with Crippen molar-refractivity contribution in [2.45, 2.75) is 18.2 Å². The van der Waals surface area contributed by atoms with E-state index in [9.17, 15) is 17.2 Å². The molecule has 1 aromatic rings. The number of nitrogens with two attached hydrogens (primary N) is 1. The van der Waals surface area contributed by atoms with E-state index in [0.717, 1.165) is 18.4 Å². The molecule has 7 heteroatoms. The highest BCUT2D eigenvalue weighted by atomic mass is 32.2. The van der Waals surface area contributed by atoms with Gasteiger partial charge in [0.1, 0.15) is 11.6 Å². The molecule has 0 spiro atoms. The standard InChI is InChI=1S/C10H14F2N2O2S/c1-6(17(2,15)16)10(14-13)7-3-8(11)5-9(12)4-7/h3-6,10,14H,13H2,1-2H3. The van der Waals surface area contributed by atoms with Crippen LogP contribution in [-0.4, -0.2) is 19.9 Å². The van der Waals surface area contributed by atoms with Crippen molar-refractivity contribution < 1.29 is 17.2 Å². The minimum absolute atomic E-state index is 0.155. The topological polar surface area (TPSA) is 72.2 Å². The first-order chi connectivity index (χ1) is 7.75. The molecule has 0 fully saturated rings. The summed E-state index contributed by atoms with van der Waals surface area (Å²) in [7, 11) is -3.38. The van der Waals surface area contributed by atoms with E-state index in [4.69, 9.17) is 5.84 Å². The third-order valence-corrected chi connectivity index (χ3v) is 4.19. The Morgan fingerprint density at radius 2 is 1.71 bits per heavy atom. The number of benzene rings is 1. The number of hydrazine groups is 1. The highest BCUT2D eigenvalue weighted by Gasteiger charge is 2.27. The molecule has 0 amide bonds. The zero-order valence-electron chi connectivity index (χ0n) is 9.44. The SMILES string of the molecule is CC(C(NN)c1cc(F)cc(F)c1)S(C)(=O)=O. The quantitative estimate of drug-likeness (QED) is 0.626. The Hall–Kier alpha value is -1.05. The van der Waals surface area contributed by atoms with Gasteiger partial charge in [-0.25, -0.2) is 17.2 Å².